The normalized spacial score (nSPS) is 23.9. The van der Waals surface area contributed by atoms with Crippen LogP contribution in [0.25, 0.3) is 11.2 Å². The van der Waals surface area contributed by atoms with E-state index < -0.39 is 0 Å². The summed E-state index contributed by atoms with van der Waals surface area (Å²) in [7, 11) is 0. The van der Waals surface area contributed by atoms with Gasteiger partial charge in [-0.25, -0.2) is 14.6 Å². The number of ether oxygens (including phenoxy) is 1. The maximum atomic E-state index is 6.84. The molecule has 0 saturated carbocycles. The van der Waals surface area contributed by atoms with Crippen molar-refractivity contribution < 1.29 is 4.74 Å². The van der Waals surface area contributed by atoms with E-state index >= 15 is 0 Å². The molecule has 9 nitrogen and oxygen atoms in total. The van der Waals surface area contributed by atoms with E-state index in [2.05, 4.69) is 45.1 Å². The second-order valence-electron chi connectivity index (χ2n) is 11.9. The van der Waals surface area contributed by atoms with Crippen LogP contribution in [0.3, 0.4) is 0 Å². The predicted octanol–water partition coefficient (Wildman–Crippen LogP) is 4.85. The van der Waals surface area contributed by atoms with Crippen molar-refractivity contribution in [2.75, 3.05) is 36.0 Å². The zero-order valence-electron chi connectivity index (χ0n) is 22.9. The molecule has 6 heterocycles. The summed E-state index contributed by atoms with van der Waals surface area (Å²) in [5.74, 6) is 1.76. The molecule has 1 aliphatic carbocycles. The molecule has 1 spiro atoms. The van der Waals surface area contributed by atoms with Crippen LogP contribution in [0.4, 0.5) is 17.3 Å². The number of anilines is 3. The molecule has 2 atom stereocenters. The van der Waals surface area contributed by atoms with Crippen molar-refractivity contribution in [1.82, 2.24) is 24.7 Å². The van der Waals surface area contributed by atoms with Gasteiger partial charge in [0.1, 0.15) is 5.82 Å². The molecule has 0 radical (unpaired) electrons. The molecule has 40 heavy (non-hydrogen) atoms. The highest BCUT2D eigenvalue weighted by molar-refractivity contribution is 5.88. The SMILES string of the molecule is NC1c2ccccc2CC12CCN(c1cnc3c(N4CCCc5ncccc54)nn(C4CCCCO4)c3n1)CC2. The third kappa shape index (κ3) is 3.82. The molecule has 2 fully saturated rings. The van der Waals surface area contributed by atoms with Gasteiger partial charge in [0.05, 0.1) is 17.6 Å². The van der Waals surface area contributed by atoms with Gasteiger partial charge in [-0.15, -0.1) is 5.10 Å². The van der Waals surface area contributed by atoms with Crippen molar-refractivity contribution in [3.8, 4) is 0 Å². The number of pyridine rings is 1. The van der Waals surface area contributed by atoms with Gasteiger partial charge in [0.15, 0.2) is 23.2 Å². The smallest absolute Gasteiger partial charge is 0.183 e. The fourth-order valence-electron chi connectivity index (χ4n) is 7.44. The topological polar surface area (TPSA) is 98.2 Å². The lowest BCUT2D eigenvalue weighted by atomic mass is 9.73. The van der Waals surface area contributed by atoms with Gasteiger partial charge in [0.25, 0.3) is 0 Å². The molecule has 0 bridgehead atoms. The monoisotopic (exact) mass is 536 g/mol. The van der Waals surface area contributed by atoms with Crippen molar-refractivity contribution >= 4 is 28.5 Å². The number of nitrogens with zero attached hydrogens (tertiary/aromatic N) is 7. The first-order chi connectivity index (χ1) is 19.7. The van der Waals surface area contributed by atoms with Crippen LogP contribution in [-0.2, 0) is 17.6 Å². The maximum absolute atomic E-state index is 6.84. The minimum Gasteiger partial charge on any atom is -0.356 e. The zero-order valence-corrected chi connectivity index (χ0v) is 22.9. The average molecular weight is 537 g/mol. The molecule has 2 saturated heterocycles. The minimum absolute atomic E-state index is 0.105. The van der Waals surface area contributed by atoms with E-state index in [4.69, 9.17) is 25.5 Å². The highest BCUT2D eigenvalue weighted by Crippen LogP contribution is 2.51. The van der Waals surface area contributed by atoms with Gasteiger partial charge in [0.2, 0.25) is 0 Å². The first kappa shape index (κ1) is 24.3. The van der Waals surface area contributed by atoms with Gasteiger partial charge in [-0.3, -0.25) is 4.98 Å². The van der Waals surface area contributed by atoms with Gasteiger partial charge in [0, 0.05) is 38.5 Å². The summed E-state index contributed by atoms with van der Waals surface area (Å²) in [5, 5.41) is 5.14. The van der Waals surface area contributed by atoms with Crippen LogP contribution < -0.4 is 15.5 Å². The second-order valence-corrected chi connectivity index (χ2v) is 11.9. The number of aryl methyl sites for hydroxylation is 1. The van der Waals surface area contributed by atoms with Crippen molar-refractivity contribution in [3.63, 3.8) is 0 Å². The molecule has 4 aromatic rings. The molecule has 2 N–H and O–H groups in total. The first-order valence-corrected chi connectivity index (χ1v) is 14.9. The Morgan fingerprint density at radius 1 is 0.975 bits per heavy atom. The molecular weight excluding hydrogens is 500 g/mol. The summed E-state index contributed by atoms with van der Waals surface area (Å²) in [5.41, 5.74) is 13.6. The number of hydrogen-bond acceptors (Lipinski definition) is 8. The standard InChI is InChI=1S/C31H36N8O/c32-28-22-8-2-1-7-21(22)19-31(28)12-16-37(17-13-31)25-20-34-27-29(35-25)39(26-11-3-4-18-40-26)36-30(27)38-15-6-9-23-24(38)10-5-14-33-23/h1-2,5,7-8,10,14,20,26,28H,3-4,6,9,11-13,15-19,32H2. The van der Waals surface area contributed by atoms with Crippen LogP contribution in [0.2, 0.25) is 0 Å². The molecule has 9 heteroatoms. The van der Waals surface area contributed by atoms with E-state index in [1.807, 2.05) is 23.1 Å². The number of piperidine rings is 1. The molecule has 8 rings (SSSR count). The van der Waals surface area contributed by atoms with Gasteiger partial charge in [-0.05, 0) is 80.0 Å². The van der Waals surface area contributed by atoms with Crippen molar-refractivity contribution in [2.24, 2.45) is 11.1 Å². The van der Waals surface area contributed by atoms with Gasteiger partial charge in [-0.2, -0.15) is 0 Å². The Morgan fingerprint density at radius 3 is 2.73 bits per heavy atom. The van der Waals surface area contributed by atoms with Gasteiger partial charge >= 0.3 is 0 Å². The lowest BCUT2D eigenvalue weighted by Gasteiger charge is -2.42. The van der Waals surface area contributed by atoms with E-state index in [1.54, 1.807) is 0 Å². The average Bonchev–Trinajstić information content (AvgIpc) is 3.52. The Morgan fingerprint density at radius 2 is 1.88 bits per heavy atom. The minimum atomic E-state index is -0.118. The highest BCUT2D eigenvalue weighted by atomic mass is 16.5. The molecule has 2 unspecified atom stereocenters. The Labute approximate surface area is 234 Å². The largest absolute Gasteiger partial charge is 0.356 e. The molecule has 0 amide bonds. The summed E-state index contributed by atoms with van der Waals surface area (Å²) in [4.78, 5) is 19.5. The van der Waals surface area contributed by atoms with Gasteiger partial charge < -0.3 is 20.3 Å². The van der Waals surface area contributed by atoms with E-state index in [9.17, 15) is 0 Å². The lowest BCUT2D eigenvalue weighted by molar-refractivity contribution is -0.0368. The highest BCUT2D eigenvalue weighted by Gasteiger charge is 2.46. The number of fused-ring (bicyclic) bond motifs is 3. The van der Waals surface area contributed by atoms with Crippen LogP contribution in [0, 0.1) is 5.41 Å². The van der Waals surface area contributed by atoms with Crippen LogP contribution >= 0.6 is 0 Å². The zero-order chi connectivity index (χ0) is 26.7. The number of benzene rings is 1. The Hall–Kier alpha value is -3.56. The second kappa shape index (κ2) is 9.52. The molecular formula is C31H36N8O. The van der Waals surface area contributed by atoms with Crippen molar-refractivity contribution in [2.45, 2.75) is 63.6 Å². The van der Waals surface area contributed by atoms with Crippen LogP contribution in [0.5, 0.6) is 0 Å². The molecule has 3 aromatic heterocycles. The summed E-state index contributed by atoms with van der Waals surface area (Å²) < 4.78 is 8.21. The molecule has 1 aromatic carbocycles. The van der Waals surface area contributed by atoms with E-state index in [0.29, 0.717) is 0 Å². The first-order valence-electron chi connectivity index (χ1n) is 14.9. The Balaban J connectivity index is 1.13. The summed E-state index contributed by atoms with van der Waals surface area (Å²) in [6.07, 6.45) is 12.0. The number of nitrogens with two attached hydrogens (primary N) is 1. The van der Waals surface area contributed by atoms with Crippen LogP contribution in [-0.4, -0.2) is 51.0 Å². The predicted molar refractivity (Wildman–Crippen MR) is 155 cm³/mol. The van der Waals surface area contributed by atoms with Crippen LogP contribution in [0.15, 0.2) is 48.8 Å². The third-order valence-electron chi connectivity index (χ3n) is 9.68. The summed E-state index contributed by atoms with van der Waals surface area (Å²) >= 11 is 0. The fraction of sp³-hybridized carbons (Fsp3) is 0.484. The molecule has 206 valence electrons. The molecule has 4 aliphatic rings. The maximum Gasteiger partial charge on any atom is 0.183 e. The Kier molecular flexibility index (Phi) is 5.77. The van der Waals surface area contributed by atoms with E-state index in [-0.39, 0.29) is 17.7 Å². The quantitative estimate of drug-likeness (QED) is 0.397. The van der Waals surface area contributed by atoms with E-state index in [0.717, 1.165) is 112 Å². The van der Waals surface area contributed by atoms with Crippen molar-refractivity contribution in [3.05, 3.63) is 65.6 Å². The third-order valence-corrected chi connectivity index (χ3v) is 9.68. The number of hydrogen-bond donors (Lipinski definition) is 1. The Bertz CT molecular complexity index is 1550. The molecule has 3 aliphatic heterocycles. The van der Waals surface area contributed by atoms with E-state index in [1.165, 1.54) is 11.1 Å². The van der Waals surface area contributed by atoms with Crippen molar-refractivity contribution in [1.29, 1.82) is 0 Å². The number of rotatable bonds is 3. The lowest BCUT2D eigenvalue weighted by Crippen LogP contribution is -2.44. The number of aromatic nitrogens is 5. The van der Waals surface area contributed by atoms with Gasteiger partial charge in [-0.1, -0.05) is 24.3 Å². The van der Waals surface area contributed by atoms with Crippen LogP contribution in [0.1, 0.15) is 67.6 Å². The summed E-state index contributed by atoms with van der Waals surface area (Å²) in [6, 6.07) is 13.0. The fourth-order valence-corrected chi connectivity index (χ4v) is 7.44. The summed E-state index contributed by atoms with van der Waals surface area (Å²) in [6.45, 7) is 3.49.